The Morgan fingerprint density at radius 2 is 1.88 bits per heavy atom. The molecule has 1 aromatic rings. The molecule has 0 radical (unpaired) electrons. The highest BCUT2D eigenvalue weighted by Gasteiger charge is 2.38. The Morgan fingerprint density at radius 3 is 2.42 bits per heavy atom. The summed E-state index contributed by atoms with van der Waals surface area (Å²) >= 11 is 0. The Hall–Kier alpha value is -2.45. The summed E-state index contributed by atoms with van der Waals surface area (Å²) in [6.45, 7) is 2.25. The van der Waals surface area contributed by atoms with Crippen LogP contribution in [0, 0.1) is 5.92 Å². The molecule has 0 aliphatic rings. The molecule has 0 fully saturated rings. The topological polar surface area (TPSA) is 78.9 Å². The van der Waals surface area contributed by atoms with Crippen LogP contribution in [0.25, 0.3) is 0 Å². The maximum atomic E-state index is 12.6. The molecule has 0 heterocycles. The van der Waals surface area contributed by atoms with Crippen molar-refractivity contribution in [3.05, 3.63) is 24.3 Å². The summed E-state index contributed by atoms with van der Waals surface area (Å²) in [7, 11) is 1.39. The molecule has 134 valence electrons. The molecule has 0 spiro atoms. The van der Waals surface area contributed by atoms with Crippen molar-refractivity contribution >= 4 is 17.7 Å². The average Bonchev–Trinajstić information content (AvgIpc) is 2.47. The van der Waals surface area contributed by atoms with Gasteiger partial charge < -0.3 is 20.1 Å². The summed E-state index contributed by atoms with van der Waals surface area (Å²) in [6.07, 6.45) is -6.58. The number of anilines is 1. The van der Waals surface area contributed by atoms with Crippen molar-refractivity contribution in [2.24, 2.45) is 5.92 Å². The number of hydrogen-bond acceptors (Lipinski definition) is 3. The van der Waals surface area contributed by atoms with Crippen molar-refractivity contribution in [3.63, 3.8) is 0 Å². The number of nitrogens with zero attached hydrogens (tertiary/aromatic N) is 1. The van der Waals surface area contributed by atoms with Gasteiger partial charge in [-0.3, -0.25) is 4.79 Å². The first-order chi connectivity index (χ1) is 11.0. The molecule has 1 rings (SSSR count). The number of ether oxygens (including phenoxy) is 1. The van der Waals surface area contributed by atoms with E-state index in [-0.39, 0.29) is 18.0 Å². The molecular formula is C15H19F3N2O4. The van der Waals surface area contributed by atoms with Gasteiger partial charge in [0.25, 0.3) is 0 Å². The van der Waals surface area contributed by atoms with E-state index in [1.807, 2.05) is 0 Å². The van der Waals surface area contributed by atoms with Gasteiger partial charge in [0.05, 0.1) is 11.6 Å². The van der Waals surface area contributed by atoms with Crippen LogP contribution in [-0.2, 0) is 4.79 Å². The van der Waals surface area contributed by atoms with E-state index in [4.69, 9.17) is 9.84 Å². The van der Waals surface area contributed by atoms with Crippen LogP contribution >= 0.6 is 0 Å². The first-order valence-corrected chi connectivity index (χ1v) is 7.09. The zero-order chi connectivity index (χ0) is 18.5. The zero-order valence-corrected chi connectivity index (χ0v) is 13.4. The zero-order valence-electron chi connectivity index (χ0n) is 13.4. The minimum Gasteiger partial charge on any atom is -0.481 e. The fraction of sp³-hybridized carbons (Fsp3) is 0.467. The SMILES string of the molecule is CC(CN(C)C(=O)Nc1ccccc1OC(C)C(F)(F)F)C(=O)O. The number of hydrogen-bond donors (Lipinski definition) is 2. The number of amides is 2. The molecule has 2 N–H and O–H groups in total. The van der Waals surface area contributed by atoms with Gasteiger partial charge in [0.15, 0.2) is 6.10 Å². The smallest absolute Gasteiger partial charge is 0.425 e. The Balaban J connectivity index is 2.81. The molecule has 0 aliphatic heterocycles. The molecule has 0 saturated heterocycles. The van der Waals surface area contributed by atoms with Gasteiger partial charge in [-0.25, -0.2) is 4.79 Å². The van der Waals surface area contributed by atoms with Gasteiger partial charge in [-0.15, -0.1) is 0 Å². The summed E-state index contributed by atoms with van der Waals surface area (Å²) in [4.78, 5) is 24.0. The van der Waals surface area contributed by atoms with E-state index < -0.39 is 30.2 Å². The van der Waals surface area contributed by atoms with Crippen molar-refractivity contribution in [1.29, 1.82) is 0 Å². The fourth-order valence-corrected chi connectivity index (χ4v) is 1.71. The number of alkyl halides is 3. The number of carboxylic acid groups (broad SMARTS) is 1. The van der Waals surface area contributed by atoms with Gasteiger partial charge in [-0.05, 0) is 19.1 Å². The van der Waals surface area contributed by atoms with E-state index >= 15 is 0 Å². The minimum absolute atomic E-state index is 0.0524. The van der Waals surface area contributed by atoms with E-state index in [9.17, 15) is 22.8 Å². The van der Waals surface area contributed by atoms with Gasteiger partial charge in [0.2, 0.25) is 0 Å². The number of aliphatic carboxylic acids is 1. The van der Waals surface area contributed by atoms with Crippen molar-refractivity contribution < 1.29 is 32.6 Å². The summed E-state index contributed by atoms with van der Waals surface area (Å²) in [5.74, 6) is -1.97. The highest BCUT2D eigenvalue weighted by Crippen LogP contribution is 2.30. The molecule has 0 aliphatic carbocycles. The third-order valence-corrected chi connectivity index (χ3v) is 3.21. The van der Waals surface area contributed by atoms with E-state index in [1.54, 1.807) is 0 Å². The molecule has 2 unspecified atom stereocenters. The molecule has 24 heavy (non-hydrogen) atoms. The lowest BCUT2D eigenvalue weighted by Gasteiger charge is -2.22. The first-order valence-electron chi connectivity index (χ1n) is 7.09. The van der Waals surface area contributed by atoms with Crippen LogP contribution < -0.4 is 10.1 Å². The Labute approximate surface area is 137 Å². The number of para-hydroxylation sites is 2. The van der Waals surface area contributed by atoms with E-state index in [1.165, 1.54) is 38.2 Å². The summed E-state index contributed by atoms with van der Waals surface area (Å²) in [5, 5.41) is 11.3. The van der Waals surface area contributed by atoms with Gasteiger partial charge in [-0.2, -0.15) is 13.2 Å². The molecule has 9 heteroatoms. The van der Waals surface area contributed by atoms with E-state index in [2.05, 4.69) is 5.32 Å². The molecule has 0 aromatic heterocycles. The monoisotopic (exact) mass is 348 g/mol. The molecule has 1 aromatic carbocycles. The summed E-state index contributed by atoms with van der Waals surface area (Å²) in [6, 6.07) is 5.05. The standard InChI is InChI=1S/C15H19F3N2O4/c1-9(13(21)22)8-20(3)14(23)19-11-6-4-5-7-12(11)24-10(2)15(16,17)18/h4-7,9-10H,8H2,1-3H3,(H,19,23)(H,21,22). The van der Waals surface area contributed by atoms with Crippen molar-refractivity contribution in [2.45, 2.75) is 26.1 Å². The van der Waals surface area contributed by atoms with Crippen molar-refractivity contribution in [1.82, 2.24) is 4.90 Å². The Bertz CT molecular complexity index is 592. The predicted octanol–water partition coefficient (Wildman–Crippen LogP) is 3.20. The molecule has 0 saturated carbocycles. The number of benzene rings is 1. The van der Waals surface area contributed by atoms with Crippen LogP contribution in [0.2, 0.25) is 0 Å². The van der Waals surface area contributed by atoms with Crippen LogP contribution in [0.5, 0.6) is 5.75 Å². The van der Waals surface area contributed by atoms with Gasteiger partial charge in [0.1, 0.15) is 5.75 Å². The highest BCUT2D eigenvalue weighted by atomic mass is 19.4. The summed E-state index contributed by atoms with van der Waals surface area (Å²) < 4.78 is 42.7. The molecule has 2 amide bonds. The quantitative estimate of drug-likeness (QED) is 0.827. The maximum absolute atomic E-state index is 12.6. The van der Waals surface area contributed by atoms with Gasteiger partial charge >= 0.3 is 18.2 Å². The second-order valence-corrected chi connectivity index (χ2v) is 5.35. The number of carbonyl (C=O) groups excluding carboxylic acids is 1. The fourth-order valence-electron chi connectivity index (χ4n) is 1.71. The predicted molar refractivity (Wildman–Crippen MR) is 81.0 cm³/mol. The molecule has 2 atom stereocenters. The number of carboxylic acids is 1. The number of halogens is 3. The number of urea groups is 1. The second kappa shape index (κ2) is 7.89. The van der Waals surface area contributed by atoms with Gasteiger partial charge in [-0.1, -0.05) is 19.1 Å². The van der Waals surface area contributed by atoms with E-state index in [0.717, 1.165) is 11.8 Å². The van der Waals surface area contributed by atoms with Gasteiger partial charge in [0, 0.05) is 13.6 Å². The summed E-state index contributed by atoms with van der Waals surface area (Å²) in [5.41, 5.74) is 0.0634. The van der Waals surface area contributed by atoms with Crippen LogP contribution in [0.15, 0.2) is 24.3 Å². The van der Waals surface area contributed by atoms with Crippen LogP contribution in [0.1, 0.15) is 13.8 Å². The maximum Gasteiger partial charge on any atom is 0.425 e. The lowest BCUT2D eigenvalue weighted by Crippen LogP contribution is -2.37. The number of carbonyl (C=O) groups is 2. The van der Waals surface area contributed by atoms with Crippen LogP contribution in [0.4, 0.5) is 23.7 Å². The second-order valence-electron chi connectivity index (χ2n) is 5.35. The normalized spacial score (nSPS) is 13.8. The third kappa shape index (κ3) is 5.64. The first kappa shape index (κ1) is 19.6. The lowest BCUT2D eigenvalue weighted by molar-refractivity contribution is -0.189. The largest absolute Gasteiger partial charge is 0.481 e. The third-order valence-electron chi connectivity index (χ3n) is 3.21. The average molecular weight is 348 g/mol. The Kier molecular flexibility index (Phi) is 6.44. The minimum atomic E-state index is -4.54. The van der Waals surface area contributed by atoms with Crippen molar-refractivity contribution in [2.75, 3.05) is 18.9 Å². The van der Waals surface area contributed by atoms with E-state index in [0.29, 0.717) is 0 Å². The number of rotatable bonds is 6. The molecule has 0 bridgehead atoms. The number of nitrogens with one attached hydrogen (secondary N) is 1. The lowest BCUT2D eigenvalue weighted by atomic mass is 10.2. The highest BCUT2D eigenvalue weighted by molar-refractivity contribution is 5.91. The van der Waals surface area contributed by atoms with Crippen LogP contribution in [-0.4, -0.2) is 47.9 Å². The van der Waals surface area contributed by atoms with Crippen molar-refractivity contribution in [3.8, 4) is 5.75 Å². The molecule has 6 nitrogen and oxygen atoms in total. The van der Waals surface area contributed by atoms with Crippen LogP contribution in [0.3, 0.4) is 0 Å². The Morgan fingerprint density at radius 1 is 1.29 bits per heavy atom. The molecular weight excluding hydrogens is 329 g/mol.